The molecule has 0 atom stereocenters. The van der Waals surface area contributed by atoms with Crippen LogP contribution in [0.2, 0.25) is 5.02 Å². The van der Waals surface area contributed by atoms with Crippen LogP contribution in [0.25, 0.3) is 22.4 Å². The molecule has 8 heteroatoms. The summed E-state index contributed by atoms with van der Waals surface area (Å²) in [5.74, 6) is -0.154. The lowest BCUT2D eigenvalue weighted by atomic mass is 10.2. The average molecular weight is 351 g/mol. The van der Waals surface area contributed by atoms with Gasteiger partial charge < -0.3 is 0 Å². The van der Waals surface area contributed by atoms with Crippen LogP contribution in [0, 0.1) is 6.92 Å². The molecule has 4 rings (SSSR count). The van der Waals surface area contributed by atoms with Gasteiger partial charge in [-0.15, -0.1) is 0 Å². The zero-order valence-corrected chi connectivity index (χ0v) is 13.1. The van der Waals surface area contributed by atoms with E-state index in [1.54, 1.807) is 6.07 Å². The fraction of sp³-hybridized carbons (Fsp3) is 0.125. The summed E-state index contributed by atoms with van der Waals surface area (Å²) in [7, 11) is 0. The van der Waals surface area contributed by atoms with Crippen molar-refractivity contribution in [3.05, 3.63) is 59.0 Å². The van der Waals surface area contributed by atoms with Crippen molar-refractivity contribution in [1.82, 2.24) is 19.2 Å². The number of hydrogen-bond acceptors (Lipinski definition) is 2. The Morgan fingerprint density at radius 2 is 1.96 bits per heavy atom. The van der Waals surface area contributed by atoms with Crippen LogP contribution in [-0.2, 0) is 6.18 Å². The molecule has 4 nitrogen and oxygen atoms in total. The summed E-state index contributed by atoms with van der Waals surface area (Å²) in [5.41, 5.74) is 0.543. The molecule has 0 radical (unpaired) electrons. The minimum absolute atomic E-state index is 0.113. The number of fused-ring (bicyclic) bond motifs is 2. The van der Waals surface area contributed by atoms with E-state index in [0.717, 1.165) is 10.9 Å². The summed E-state index contributed by atoms with van der Waals surface area (Å²) in [5, 5.41) is 5.24. The number of imidazole rings is 1. The van der Waals surface area contributed by atoms with Crippen LogP contribution in [0.1, 0.15) is 11.3 Å². The normalized spacial score (nSPS) is 12.4. The summed E-state index contributed by atoms with van der Waals surface area (Å²) in [6.07, 6.45) is -1.62. The molecule has 4 aromatic rings. The number of rotatable bonds is 1. The van der Waals surface area contributed by atoms with E-state index >= 15 is 0 Å². The molecule has 0 fully saturated rings. The van der Waals surface area contributed by atoms with E-state index in [2.05, 4.69) is 10.1 Å². The number of alkyl halides is 3. The highest BCUT2D eigenvalue weighted by Crippen LogP contribution is 2.35. The number of aromatic nitrogens is 4. The Kier molecular flexibility index (Phi) is 3.11. The molecule has 0 saturated heterocycles. The number of hydrogen-bond donors (Lipinski definition) is 0. The first-order chi connectivity index (χ1) is 11.4. The third-order valence-corrected chi connectivity index (χ3v) is 4.06. The van der Waals surface area contributed by atoms with Crippen molar-refractivity contribution in [2.24, 2.45) is 0 Å². The van der Waals surface area contributed by atoms with Crippen molar-refractivity contribution in [3.8, 4) is 5.82 Å². The maximum absolute atomic E-state index is 13.5. The van der Waals surface area contributed by atoms with Gasteiger partial charge >= 0.3 is 6.18 Å². The highest BCUT2D eigenvalue weighted by molar-refractivity contribution is 6.30. The molecule has 0 unspecified atom stereocenters. The van der Waals surface area contributed by atoms with Gasteiger partial charge in [0.15, 0.2) is 11.5 Å². The van der Waals surface area contributed by atoms with Crippen molar-refractivity contribution >= 4 is 28.2 Å². The Balaban J connectivity index is 2.15. The average Bonchev–Trinajstić information content (AvgIpc) is 3.07. The third-order valence-electron chi connectivity index (χ3n) is 3.83. The number of para-hydroxylation sites is 1. The molecular formula is C16H10ClF3N4. The van der Waals surface area contributed by atoms with Gasteiger partial charge in [-0.1, -0.05) is 29.8 Å². The maximum atomic E-state index is 13.5. The number of aryl methyl sites for hydroxylation is 1. The minimum Gasteiger partial charge on any atom is -0.284 e. The first kappa shape index (κ1) is 15.0. The van der Waals surface area contributed by atoms with E-state index in [0.29, 0.717) is 10.5 Å². The first-order valence-corrected chi connectivity index (χ1v) is 7.42. The molecule has 0 bridgehead atoms. The fourth-order valence-corrected chi connectivity index (χ4v) is 2.97. The van der Waals surface area contributed by atoms with Crippen LogP contribution in [0.4, 0.5) is 13.2 Å². The lowest BCUT2D eigenvalue weighted by Crippen LogP contribution is -2.12. The largest absolute Gasteiger partial charge is 0.437 e. The van der Waals surface area contributed by atoms with Crippen molar-refractivity contribution in [1.29, 1.82) is 0 Å². The molecule has 0 amide bonds. The van der Waals surface area contributed by atoms with Crippen molar-refractivity contribution in [3.63, 3.8) is 0 Å². The number of nitrogens with zero attached hydrogens (tertiary/aromatic N) is 4. The van der Waals surface area contributed by atoms with E-state index in [9.17, 15) is 13.2 Å². The fourth-order valence-electron chi connectivity index (χ4n) is 2.81. The molecule has 0 aliphatic carbocycles. The Bertz CT molecular complexity index is 1080. The van der Waals surface area contributed by atoms with Gasteiger partial charge in [-0.05, 0) is 18.6 Å². The van der Waals surface area contributed by atoms with Crippen LogP contribution in [0.3, 0.4) is 0 Å². The van der Waals surface area contributed by atoms with Gasteiger partial charge in [-0.3, -0.25) is 4.40 Å². The lowest BCUT2D eigenvalue weighted by molar-refractivity contribution is -0.140. The summed E-state index contributed by atoms with van der Waals surface area (Å²) < 4.78 is 43.2. The third kappa shape index (κ3) is 2.16. The van der Waals surface area contributed by atoms with Gasteiger partial charge in [-0.25, -0.2) is 9.67 Å². The quantitative estimate of drug-likeness (QED) is 0.500. The Morgan fingerprint density at radius 3 is 2.71 bits per heavy atom. The van der Waals surface area contributed by atoms with Crippen LogP contribution in [-0.4, -0.2) is 19.2 Å². The van der Waals surface area contributed by atoms with Gasteiger partial charge in [-0.2, -0.15) is 18.3 Å². The number of halogens is 4. The van der Waals surface area contributed by atoms with E-state index in [4.69, 9.17) is 11.6 Å². The molecule has 0 spiro atoms. The van der Waals surface area contributed by atoms with E-state index in [-0.39, 0.29) is 11.5 Å². The van der Waals surface area contributed by atoms with Crippen LogP contribution >= 0.6 is 11.6 Å². The van der Waals surface area contributed by atoms with Crippen LogP contribution in [0.15, 0.2) is 42.7 Å². The van der Waals surface area contributed by atoms with E-state index in [1.807, 2.05) is 19.1 Å². The topological polar surface area (TPSA) is 35.1 Å². The summed E-state index contributed by atoms with van der Waals surface area (Å²) in [6, 6.07) is 8.37. The second-order valence-electron chi connectivity index (χ2n) is 5.42. The smallest absolute Gasteiger partial charge is 0.284 e. The number of pyridine rings is 1. The second-order valence-corrected chi connectivity index (χ2v) is 5.86. The molecule has 0 saturated carbocycles. The zero-order chi connectivity index (χ0) is 17.1. The summed E-state index contributed by atoms with van der Waals surface area (Å²) in [6.45, 7) is 1.83. The molecule has 3 heterocycles. The van der Waals surface area contributed by atoms with Gasteiger partial charge in [0.1, 0.15) is 5.65 Å². The van der Waals surface area contributed by atoms with E-state index < -0.39 is 11.9 Å². The predicted molar refractivity (Wildman–Crippen MR) is 84.6 cm³/mol. The molecule has 3 aromatic heterocycles. The minimum atomic E-state index is -4.62. The first-order valence-electron chi connectivity index (χ1n) is 7.05. The summed E-state index contributed by atoms with van der Waals surface area (Å²) in [4.78, 5) is 3.73. The van der Waals surface area contributed by atoms with Gasteiger partial charge in [0.05, 0.1) is 11.7 Å². The van der Waals surface area contributed by atoms with E-state index in [1.165, 1.54) is 33.6 Å². The van der Waals surface area contributed by atoms with Crippen molar-refractivity contribution < 1.29 is 13.2 Å². The van der Waals surface area contributed by atoms with Gasteiger partial charge in [0.2, 0.25) is 0 Å². The maximum Gasteiger partial charge on any atom is 0.437 e. The Labute approximate surface area is 139 Å². The van der Waals surface area contributed by atoms with Crippen LogP contribution in [0.5, 0.6) is 0 Å². The zero-order valence-electron chi connectivity index (χ0n) is 12.3. The second kappa shape index (κ2) is 4.98. The molecule has 1 aromatic carbocycles. The lowest BCUT2D eigenvalue weighted by Gasteiger charge is -2.10. The predicted octanol–water partition coefficient (Wildman–Crippen LogP) is 4.65. The van der Waals surface area contributed by atoms with Gasteiger partial charge in [0, 0.05) is 22.7 Å². The highest BCUT2D eigenvalue weighted by Gasteiger charge is 2.39. The molecule has 0 aliphatic heterocycles. The van der Waals surface area contributed by atoms with Gasteiger partial charge in [0.25, 0.3) is 0 Å². The molecule has 0 N–H and O–H groups in total. The van der Waals surface area contributed by atoms with Crippen LogP contribution < -0.4 is 0 Å². The molecule has 0 aliphatic rings. The summed E-state index contributed by atoms with van der Waals surface area (Å²) >= 11 is 5.88. The monoisotopic (exact) mass is 350 g/mol. The molecule has 122 valence electrons. The Morgan fingerprint density at radius 1 is 1.17 bits per heavy atom. The Hall–Kier alpha value is -2.54. The highest BCUT2D eigenvalue weighted by atomic mass is 35.5. The number of benzene rings is 1. The standard InChI is InChI=1S/C16H10ClF3N4/c1-9-3-2-4-10-8-21-24(13(9)10)15-14(16(18,19)20)22-12-7-11(17)5-6-23(12)15/h2-8H,1H3. The molecular weight excluding hydrogens is 341 g/mol. The SMILES string of the molecule is Cc1cccc2cnn(-c3c(C(F)(F)F)nc4cc(Cl)ccn34)c12. The van der Waals surface area contributed by atoms with Crippen molar-refractivity contribution in [2.45, 2.75) is 13.1 Å². The molecule has 24 heavy (non-hydrogen) atoms. The van der Waals surface area contributed by atoms with Crippen molar-refractivity contribution in [2.75, 3.05) is 0 Å².